The first-order chi connectivity index (χ1) is 9.52. The highest BCUT2D eigenvalue weighted by Gasteiger charge is 2.14. The number of aromatic nitrogens is 2. The van der Waals surface area contributed by atoms with Crippen molar-refractivity contribution >= 4 is 5.97 Å². The molecule has 2 aromatic rings. The van der Waals surface area contributed by atoms with Crippen molar-refractivity contribution in [3.05, 3.63) is 46.8 Å². The van der Waals surface area contributed by atoms with Crippen LogP contribution in [0.3, 0.4) is 0 Å². The van der Waals surface area contributed by atoms with Crippen LogP contribution in [-0.4, -0.2) is 20.9 Å². The minimum Gasteiger partial charge on any atom is -0.476 e. The fourth-order valence-corrected chi connectivity index (χ4v) is 2.14. The van der Waals surface area contributed by atoms with Crippen LogP contribution in [0.25, 0.3) is 5.69 Å². The standard InChI is InChI=1S/C16H20N2O2/c1-4-5-6-13-10-15(16(19)20)17-18(13)14-8-7-11(2)12(3)9-14/h7-10H,4-6H2,1-3H3,(H,19,20). The molecule has 1 aromatic carbocycles. The van der Waals surface area contributed by atoms with Crippen LogP contribution in [0, 0.1) is 13.8 Å². The molecular formula is C16H20N2O2. The molecule has 0 aliphatic carbocycles. The first-order valence-electron chi connectivity index (χ1n) is 6.92. The highest BCUT2D eigenvalue weighted by Crippen LogP contribution is 2.18. The highest BCUT2D eigenvalue weighted by molar-refractivity contribution is 5.85. The number of carboxylic acid groups (broad SMARTS) is 1. The summed E-state index contributed by atoms with van der Waals surface area (Å²) in [5, 5.41) is 13.3. The van der Waals surface area contributed by atoms with Crippen LogP contribution in [0.4, 0.5) is 0 Å². The van der Waals surface area contributed by atoms with Gasteiger partial charge in [0.2, 0.25) is 0 Å². The van der Waals surface area contributed by atoms with Gasteiger partial charge < -0.3 is 5.11 Å². The van der Waals surface area contributed by atoms with E-state index in [1.807, 2.05) is 25.1 Å². The molecule has 0 unspecified atom stereocenters. The van der Waals surface area contributed by atoms with Gasteiger partial charge >= 0.3 is 5.97 Å². The smallest absolute Gasteiger partial charge is 0.356 e. The summed E-state index contributed by atoms with van der Waals surface area (Å²) < 4.78 is 1.76. The molecule has 0 saturated heterocycles. The summed E-state index contributed by atoms with van der Waals surface area (Å²) in [6, 6.07) is 7.74. The lowest BCUT2D eigenvalue weighted by molar-refractivity contribution is 0.0690. The molecule has 0 spiro atoms. The van der Waals surface area contributed by atoms with Gasteiger partial charge in [0.05, 0.1) is 5.69 Å². The van der Waals surface area contributed by atoms with E-state index in [1.54, 1.807) is 10.7 Å². The van der Waals surface area contributed by atoms with Gasteiger partial charge in [-0.3, -0.25) is 0 Å². The molecule has 0 aliphatic rings. The van der Waals surface area contributed by atoms with Crippen molar-refractivity contribution in [2.75, 3.05) is 0 Å². The molecule has 0 fully saturated rings. The van der Waals surface area contributed by atoms with Crippen LogP contribution in [0.5, 0.6) is 0 Å². The Kier molecular flexibility index (Phi) is 4.23. The zero-order valence-corrected chi connectivity index (χ0v) is 12.2. The number of aryl methyl sites for hydroxylation is 3. The number of carbonyl (C=O) groups is 1. The normalized spacial score (nSPS) is 10.8. The SMILES string of the molecule is CCCCc1cc(C(=O)O)nn1-c1ccc(C)c(C)c1. The van der Waals surface area contributed by atoms with Gasteiger partial charge in [-0.05, 0) is 56.0 Å². The van der Waals surface area contributed by atoms with E-state index in [2.05, 4.69) is 18.9 Å². The molecule has 0 amide bonds. The second-order valence-electron chi connectivity index (χ2n) is 5.11. The van der Waals surface area contributed by atoms with E-state index >= 15 is 0 Å². The second-order valence-corrected chi connectivity index (χ2v) is 5.11. The first kappa shape index (κ1) is 14.3. The molecule has 0 atom stereocenters. The summed E-state index contributed by atoms with van der Waals surface area (Å²) in [7, 11) is 0. The summed E-state index contributed by atoms with van der Waals surface area (Å²) in [6.45, 7) is 6.23. The third-order valence-electron chi connectivity index (χ3n) is 3.52. The monoisotopic (exact) mass is 272 g/mol. The molecule has 4 heteroatoms. The number of rotatable bonds is 5. The number of hydrogen-bond donors (Lipinski definition) is 1. The Morgan fingerprint density at radius 3 is 2.60 bits per heavy atom. The van der Waals surface area contributed by atoms with Crippen LogP contribution in [0.15, 0.2) is 24.3 Å². The van der Waals surface area contributed by atoms with Crippen molar-refractivity contribution in [3.63, 3.8) is 0 Å². The third kappa shape index (κ3) is 2.90. The van der Waals surface area contributed by atoms with E-state index in [9.17, 15) is 4.79 Å². The van der Waals surface area contributed by atoms with Gasteiger partial charge in [-0.25, -0.2) is 9.48 Å². The lowest BCUT2D eigenvalue weighted by Gasteiger charge is -2.09. The topological polar surface area (TPSA) is 55.1 Å². The fourth-order valence-electron chi connectivity index (χ4n) is 2.14. The Balaban J connectivity index is 2.46. The molecule has 0 bridgehead atoms. The molecule has 0 radical (unpaired) electrons. The molecule has 1 N–H and O–H groups in total. The fraction of sp³-hybridized carbons (Fsp3) is 0.375. The molecule has 1 heterocycles. The van der Waals surface area contributed by atoms with E-state index in [0.29, 0.717) is 0 Å². The van der Waals surface area contributed by atoms with Gasteiger partial charge in [0, 0.05) is 5.69 Å². The molecular weight excluding hydrogens is 252 g/mol. The second kappa shape index (κ2) is 5.90. The van der Waals surface area contributed by atoms with Crippen LogP contribution in [0.1, 0.15) is 47.1 Å². The average molecular weight is 272 g/mol. The molecule has 20 heavy (non-hydrogen) atoms. The maximum atomic E-state index is 11.1. The van der Waals surface area contributed by atoms with E-state index in [1.165, 1.54) is 11.1 Å². The Bertz CT molecular complexity index is 629. The van der Waals surface area contributed by atoms with Gasteiger partial charge in [0.1, 0.15) is 0 Å². The van der Waals surface area contributed by atoms with Gasteiger partial charge in [-0.1, -0.05) is 19.4 Å². The average Bonchev–Trinajstić information content (AvgIpc) is 2.84. The molecule has 0 aliphatic heterocycles. The number of benzene rings is 1. The maximum Gasteiger partial charge on any atom is 0.356 e. The minimum absolute atomic E-state index is 0.106. The Morgan fingerprint density at radius 1 is 1.25 bits per heavy atom. The number of nitrogens with zero attached hydrogens (tertiary/aromatic N) is 2. The van der Waals surface area contributed by atoms with Crippen LogP contribution in [0.2, 0.25) is 0 Å². The van der Waals surface area contributed by atoms with Gasteiger partial charge in [-0.2, -0.15) is 5.10 Å². The van der Waals surface area contributed by atoms with Gasteiger partial charge in [0.25, 0.3) is 0 Å². The van der Waals surface area contributed by atoms with Crippen molar-refractivity contribution in [1.82, 2.24) is 9.78 Å². The summed E-state index contributed by atoms with van der Waals surface area (Å²) >= 11 is 0. The minimum atomic E-state index is -0.981. The Morgan fingerprint density at radius 2 is 2.00 bits per heavy atom. The highest BCUT2D eigenvalue weighted by atomic mass is 16.4. The van der Waals surface area contributed by atoms with Crippen molar-refractivity contribution in [1.29, 1.82) is 0 Å². The van der Waals surface area contributed by atoms with Crippen molar-refractivity contribution in [2.45, 2.75) is 40.0 Å². The predicted octanol–water partition coefficient (Wildman–Crippen LogP) is 3.53. The molecule has 2 rings (SSSR count). The number of unbranched alkanes of at least 4 members (excludes halogenated alkanes) is 1. The van der Waals surface area contributed by atoms with Crippen molar-refractivity contribution < 1.29 is 9.90 Å². The lowest BCUT2D eigenvalue weighted by Crippen LogP contribution is -2.04. The maximum absolute atomic E-state index is 11.1. The predicted molar refractivity (Wildman–Crippen MR) is 78.6 cm³/mol. The van der Waals surface area contributed by atoms with E-state index < -0.39 is 5.97 Å². The first-order valence-corrected chi connectivity index (χ1v) is 6.92. The number of carboxylic acids is 1. The summed E-state index contributed by atoms with van der Waals surface area (Å²) in [6.07, 6.45) is 2.93. The van der Waals surface area contributed by atoms with Crippen LogP contribution in [-0.2, 0) is 6.42 Å². The number of hydrogen-bond acceptors (Lipinski definition) is 2. The van der Waals surface area contributed by atoms with E-state index in [-0.39, 0.29) is 5.69 Å². The van der Waals surface area contributed by atoms with Crippen LogP contribution >= 0.6 is 0 Å². The molecule has 4 nitrogen and oxygen atoms in total. The largest absolute Gasteiger partial charge is 0.476 e. The third-order valence-corrected chi connectivity index (χ3v) is 3.52. The van der Waals surface area contributed by atoms with Gasteiger partial charge in [-0.15, -0.1) is 0 Å². The summed E-state index contributed by atoms with van der Waals surface area (Å²) in [5.41, 5.74) is 4.37. The van der Waals surface area contributed by atoms with Crippen molar-refractivity contribution in [3.8, 4) is 5.69 Å². The Hall–Kier alpha value is -2.10. The zero-order valence-electron chi connectivity index (χ0n) is 12.2. The van der Waals surface area contributed by atoms with Crippen molar-refractivity contribution in [2.24, 2.45) is 0 Å². The van der Waals surface area contributed by atoms with E-state index in [4.69, 9.17) is 5.11 Å². The molecule has 106 valence electrons. The zero-order chi connectivity index (χ0) is 14.7. The van der Waals surface area contributed by atoms with E-state index in [0.717, 1.165) is 30.6 Å². The molecule has 1 aromatic heterocycles. The lowest BCUT2D eigenvalue weighted by atomic mass is 10.1. The summed E-state index contributed by atoms with van der Waals surface area (Å²) in [5.74, 6) is -0.981. The van der Waals surface area contributed by atoms with Crippen LogP contribution < -0.4 is 0 Å². The number of aromatic carboxylic acids is 1. The summed E-state index contributed by atoms with van der Waals surface area (Å²) in [4.78, 5) is 11.1. The van der Waals surface area contributed by atoms with Gasteiger partial charge in [0.15, 0.2) is 5.69 Å². The molecule has 0 saturated carbocycles. The Labute approximate surface area is 119 Å². The quantitative estimate of drug-likeness (QED) is 0.905.